The molecule has 3 nitrogen and oxygen atoms in total. The van der Waals surface area contributed by atoms with Crippen LogP contribution < -0.4 is 0 Å². The molecule has 0 aliphatic rings. The van der Waals surface area contributed by atoms with Gasteiger partial charge in [0.25, 0.3) is 6.43 Å². The maximum atomic E-state index is 13.6. The number of alkyl halides is 2. The second-order valence-electron chi connectivity index (χ2n) is 5.77. The molecule has 0 bridgehead atoms. The van der Waals surface area contributed by atoms with Gasteiger partial charge in [0.2, 0.25) is 0 Å². The Balaban J connectivity index is 2.27. The minimum Gasteiger partial charge on any atom is -0.247 e. The van der Waals surface area contributed by atoms with Gasteiger partial charge in [-0.25, -0.2) is 18.4 Å². The molecular formula is C18H19F2N3. The Bertz CT molecular complexity index is 836. The van der Waals surface area contributed by atoms with E-state index in [9.17, 15) is 8.78 Å². The molecule has 0 radical (unpaired) electrons. The van der Waals surface area contributed by atoms with E-state index in [4.69, 9.17) is 0 Å². The van der Waals surface area contributed by atoms with Crippen molar-refractivity contribution in [2.24, 2.45) is 0 Å². The normalized spacial score (nSPS) is 11.6. The summed E-state index contributed by atoms with van der Waals surface area (Å²) in [6.45, 7) is 6.44. The van der Waals surface area contributed by atoms with Crippen LogP contribution in [0.2, 0.25) is 0 Å². The first-order chi connectivity index (χ1) is 11.0. The summed E-state index contributed by atoms with van der Waals surface area (Å²) in [5, 5.41) is 4.87. The number of fused-ring (bicyclic) bond motifs is 1. The lowest BCUT2D eigenvalue weighted by Crippen LogP contribution is -2.01. The number of aryl methyl sites for hydroxylation is 3. The Morgan fingerprint density at radius 1 is 1.13 bits per heavy atom. The molecule has 0 atom stereocenters. The first-order valence-electron chi connectivity index (χ1n) is 7.74. The van der Waals surface area contributed by atoms with E-state index in [2.05, 4.69) is 10.1 Å². The topological polar surface area (TPSA) is 30.7 Å². The predicted octanol–water partition coefficient (Wildman–Crippen LogP) is 5.06. The van der Waals surface area contributed by atoms with Gasteiger partial charge in [0, 0.05) is 17.7 Å². The Labute approximate surface area is 134 Å². The van der Waals surface area contributed by atoms with Crippen LogP contribution in [0.25, 0.3) is 22.3 Å². The van der Waals surface area contributed by atoms with Crippen molar-refractivity contribution in [3.63, 3.8) is 0 Å². The van der Waals surface area contributed by atoms with Crippen LogP contribution in [0.4, 0.5) is 8.78 Å². The Hall–Kier alpha value is -2.30. The minimum atomic E-state index is -2.55. The van der Waals surface area contributed by atoms with E-state index in [1.54, 1.807) is 11.6 Å². The summed E-state index contributed by atoms with van der Waals surface area (Å²) in [4.78, 5) is 4.62. The van der Waals surface area contributed by atoms with Crippen molar-refractivity contribution in [2.45, 2.75) is 40.2 Å². The van der Waals surface area contributed by atoms with Crippen molar-refractivity contribution in [3.05, 3.63) is 47.2 Å². The van der Waals surface area contributed by atoms with Crippen LogP contribution in [0.3, 0.4) is 0 Å². The van der Waals surface area contributed by atoms with E-state index in [1.807, 2.05) is 38.1 Å². The van der Waals surface area contributed by atoms with Crippen molar-refractivity contribution < 1.29 is 8.78 Å². The molecule has 3 aromatic rings. The van der Waals surface area contributed by atoms with E-state index in [1.165, 1.54) is 6.07 Å². The summed E-state index contributed by atoms with van der Waals surface area (Å²) in [6.07, 6.45) is -1.68. The molecule has 0 saturated heterocycles. The molecule has 0 unspecified atom stereocenters. The van der Waals surface area contributed by atoms with Crippen LogP contribution in [-0.2, 0) is 6.54 Å². The van der Waals surface area contributed by atoms with Gasteiger partial charge in [-0.3, -0.25) is 0 Å². The average molecular weight is 315 g/mol. The maximum Gasteiger partial charge on any atom is 0.264 e. The lowest BCUT2D eigenvalue weighted by Gasteiger charge is -2.08. The van der Waals surface area contributed by atoms with Crippen LogP contribution in [0, 0.1) is 13.8 Å². The van der Waals surface area contributed by atoms with Crippen molar-refractivity contribution in [3.8, 4) is 11.3 Å². The second-order valence-corrected chi connectivity index (χ2v) is 5.77. The molecule has 0 N–H and O–H groups in total. The molecule has 1 aromatic carbocycles. The highest BCUT2D eigenvalue weighted by Crippen LogP contribution is 2.33. The maximum absolute atomic E-state index is 13.6. The molecule has 3 rings (SSSR count). The lowest BCUT2D eigenvalue weighted by atomic mass is 10.0. The number of pyridine rings is 1. The highest BCUT2D eigenvalue weighted by atomic mass is 19.3. The minimum absolute atomic E-state index is 0.00503. The Morgan fingerprint density at radius 2 is 1.83 bits per heavy atom. The SMILES string of the molecule is CCCn1nc(C)c2c(C(F)F)cc(-c3ccc(C)cc3)nc21. The van der Waals surface area contributed by atoms with Crippen molar-refractivity contribution >= 4 is 11.0 Å². The molecule has 0 spiro atoms. The first kappa shape index (κ1) is 15.6. The molecule has 0 saturated carbocycles. The van der Waals surface area contributed by atoms with Gasteiger partial charge in [-0.15, -0.1) is 0 Å². The zero-order chi connectivity index (χ0) is 16.6. The van der Waals surface area contributed by atoms with Gasteiger partial charge in [-0.2, -0.15) is 5.10 Å². The third-order valence-electron chi connectivity index (χ3n) is 3.93. The average Bonchev–Trinajstić information content (AvgIpc) is 2.84. The van der Waals surface area contributed by atoms with Gasteiger partial charge in [-0.1, -0.05) is 36.8 Å². The molecule has 2 heterocycles. The van der Waals surface area contributed by atoms with Gasteiger partial charge in [0.1, 0.15) is 0 Å². The lowest BCUT2D eigenvalue weighted by molar-refractivity contribution is 0.153. The fourth-order valence-electron chi connectivity index (χ4n) is 2.80. The van der Waals surface area contributed by atoms with Gasteiger partial charge in [-0.05, 0) is 26.3 Å². The van der Waals surface area contributed by atoms with Crippen LogP contribution in [-0.4, -0.2) is 14.8 Å². The van der Waals surface area contributed by atoms with E-state index in [0.717, 1.165) is 17.5 Å². The van der Waals surface area contributed by atoms with E-state index < -0.39 is 6.43 Å². The fraction of sp³-hybridized carbons (Fsp3) is 0.333. The number of hydrogen-bond donors (Lipinski definition) is 0. The summed E-state index contributed by atoms with van der Waals surface area (Å²) in [7, 11) is 0. The van der Waals surface area contributed by atoms with Crippen LogP contribution in [0.15, 0.2) is 30.3 Å². The molecule has 5 heteroatoms. The number of hydrogen-bond acceptors (Lipinski definition) is 2. The molecule has 23 heavy (non-hydrogen) atoms. The summed E-state index contributed by atoms with van der Waals surface area (Å²) < 4.78 is 28.9. The third-order valence-corrected chi connectivity index (χ3v) is 3.93. The molecule has 0 fully saturated rings. The van der Waals surface area contributed by atoms with Gasteiger partial charge < -0.3 is 0 Å². The smallest absolute Gasteiger partial charge is 0.247 e. The highest BCUT2D eigenvalue weighted by Gasteiger charge is 2.20. The van der Waals surface area contributed by atoms with E-state index in [0.29, 0.717) is 29.0 Å². The highest BCUT2D eigenvalue weighted by molar-refractivity contribution is 5.85. The summed E-state index contributed by atoms with van der Waals surface area (Å²) in [6, 6.07) is 9.22. The van der Waals surface area contributed by atoms with Crippen LogP contribution >= 0.6 is 0 Å². The van der Waals surface area contributed by atoms with Gasteiger partial charge in [0.05, 0.1) is 16.8 Å². The number of nitrogens with zero attached hydrogens (tertiary/aromatic N) is 3. The van der Waals surface area contributed by atoms with E-state index >= 15 is 0 Å². The number of halogens is 2. The standard InChI is InChI=1S/C18H19F2N3/c1-4-9-23-18-16(12(3)22-23)14(17(19)20)10-15(21-18)13-7-5-11(2)6-8-13/h5-8,10,17H,4,9H2,1-3H3. The summed E-state index contributed by atoms with van der Waals surface area (Å²) >= 11 is 0. The zero-order valence-electron chi connectivity index (χ0n) is 13.5. The summed E-state index contributed by atoms with van der Waals surface area (Å²) in [5.41, 5.74) is 3.66. The number of aromatic nitrogens is 3. The number of benzene rings is 1. The van der Waals surface area contributed by atoms with E-state index in [-0.39, 0.29) is 5.56 Å². The molecule has 2 aromatic heterocycles. The molecule has 0 aliphatic carbocycles. The Kier molecular flexibility index (Phi) is 4.11. The first-order valence-corrected chi connectivity index (χ1v) is 7.74. The Morgan fingerprint density at radius 3 is 2.43 bits per heavy atom. The number of rotatable bonds is 4. The zero-order valence-corrected chi connectivity index (χ0v) is 13.5. The predicted molar refractivity (Wildman–Crippen MR) is 87.7 cm³/mol. The van der Waals surface area contributed by atoms with Crippen LogP contribution in [0.1, 0.15) is 36.6 Å². The fourth-order valence-corrected chi connectivity index (χ4v) is 2.80. The monoisotopic (exact) mass is 315 g/mol. The largest absolute Gasteiger partial charge is 0.264 e. The van der Waals surface area contributed by atoms with Gasteiger partial charge >= 0.3 is 0 Å². The molecule has 0 aliphatic heterocycles. The van der Waals surface area contributed by atoms with Gasteiger partial charge in [0.15, 0.2) is 5.65 Å². The summed E-state index contributed by atoms with van der Waals surface area (Å²) in [5.74, 6) is 0. The molecular weight excluding hydrogens is 296 g/mol. The van der Waals surface area contributed by atoms with Crippen molar-refractivity contribution in [1.29, 1.82) is 0 Å². The van der Waals surface area contributed by atoms with Crippen molar-refractivity contribution in [1.82, 2.24) is 14.8 Å². The van der Waals surface area contributed by atoms with Crippen LogP contribution in [0.5, 0.6) is 0 Å². The quantitative estimate of drug-likeness (QED) is 0.673. The molecule has 120 valence electrons. The van der Waals surface area contributed by atoms with Crippen molar-refractivity contribution in [2.75, 3.05) is 0 Å². The third kappa shape index (κ3) is 2.83. The second kappa shape index (κ2) is 6.07. The molecule has 0 amide bonds.